The maximum absolute atomic E-state index is 10.7. The summed E-state index contributed by atoms with van der Waals surface area (Å²) in [4.78, 5) is 15.8. The number of aryl methyl sites for hydroxylation is 1. The van der Waals surface area contributed by atoms with Crippen LogP contribution in [0.2, 0.25) is 10.0 Å². The quantitative estimate of drug-likeness (QED) is 0.930. The van der Waals surface area contributed by atoms with Crippen LogP contribution in [0.15, 0.2) is 18.2 Å². The highest BCUT2D eigenvalue weighted by molar-refractivity contribution is 7.15. The van der Waals surface area contributed by atoms with Gasteiger partial charge in [-0.3, -0.25) is 4.79 Å². The molecule has 3 nitrogen and oxygen atoms in total. The van der Waals surface area contributed by atoms with Crippen molar-refractivity contribution in [3.63, 3.8) is 0 Å². The van der Waals surface area contributed by atoms with E-state index < -0.39 is 5.97 Å². The molecule has 0 aliphatic carbocycles. The van der Waals surface area contributed by atoms with Gasteiger partial charge in [0.25, 0.3) is 0 Å². The Kier molecular flexibility index (Phi) is 3.90. The van der Waals surface area contributed by atoms with Gasteiger partial charge in [-0.15, -0.1) is 11.3 Å². The second-order valence-electron chi connectivity index (χ2n) is 3.73. The number of thiazole rings is 1. The highest BCUT2D eigenvalue weighted by Crippen LogP contribution is 2.32. The molecule has 0 saturated heterocycles. The summed E-state index contributed by atoms with van der Waals surface area (Å²) in [6.07, 6.45) is -0.00911. The molecule has 18 heavy (non-hydrogen) atoms. The Morgan fingerprint density at radius 2 is 2.11 bits per heavy atom. The van der Waals surface area contributed by atoms with Crippen molar-refractivity contribution in [2.75, 3.05) is 0 Å². The largest absolute Gasteiger partial charge is 0.481 e. The lowest BCUT2D eigenvalue weighted by atomic mass is 10.2. The molecule has 0 aliphatic rings. The van der Waals surface area contributed by atoms with Crippen molar-refractivity contribution in [1.82, 2.24) is 4.98 Å². The number of hydrogen-bond acceptors (Lipinski definition) is 3. The number of nitrogens with zero attached hydrogens (tertiary/aromatic N) is 1. The first kappa shape index (κ1) is 13.3. The third-order valence-electron chi connectivity index (χ3n) is 2.37. The van der Waals surface area contributed by atoms with Crippen molar-refractivity contribution in [2.45, 2.75) is 13.3 Å². The van der Waals surface area contributed by atoms with Crippen molar-refractivity contribution >= 4 is 40.5 Å². The summed E-state index contributed by atoms with van der Waals surface area (Å²) >= 11 is 13.2. The van der Waals surface area contributed by atoms with Gasteiger partial charge in [-0.05, 0) is 19.1 Å². The van der Waals surface area contributed by atoms with Gasteiger partial charge in [-0.2, -0.15) is 0 Å². The molecule has 2 aromatic rings. The zero-order chi connectivity index (χ0) is 13.3. The van der Waals surface area contributed by atoms with Gasteiger partial charge in [0.1, 0.15) is 5.01 Å². The van der Waals surface area contributed by atoms with Gasteiger partial charge in [0.05, 0.1) is 22.2 Å². The normalized spacial score (nSPS) is 10.6. The molecule has 2 rings (SSSR count). The minimum atomic E-state index is -0.859. The van der Waals surface area contributed by atoms with Gasteiger partial charge in [0.15, 0.2) is 0 Å². The summed E-state index contributed by atoms with van der Waals surface area (Å²) in [5.41, 5.74) is 1.58. The van der Waals surface area contributed by atoms with Crippen LogP contribution in [0.5, 0.6) is 0 Å². The fourth-order valence-electron chi connectivity index (χ4n) is 1.48. The molecule has 0 amide bonds. The Balaban J connectivity index is 2.39. The van der Waals surface area contributed by atoms with Crippen molar-refractivity contribution in [3.8, 4) is 10.6 Å². The van der Waals surface area contributed by atoms with E-state index in [2.05, 4.69) is 4.98 Å². The molecule has 0 unspecified atom stereocenters. The Morgan fingerprint density at radius 3 is 2.72 bits per heavy atom. The predicted octanol–water partition coefficient (Wildman–Crippen LogP) is 4.05. The second-order valence-corrected chi connectivity index (χ2v) is 5.63. The average Bonchev–Trinajstić information content (AvgIpc) is 2.63. The van der Waals surface area contributed by atoms with Gasteiger partial charge in [-0.25, -0.2) is 4.98 Å². The number of carboxylic acids is 1. The molecule has 0 spiro atoms. The average molecular weight is 302 g/mol. The molecule has 1 heterocycles. The Labute approximate surface area is 118 Å². The minimum Gasteiger partial charge on any atom is -0.481 e. The lowest BCUT2D eigenvalue weighted by Gasteiger charge is -1.98. The van der Waals surface area contributed by atoms with Crippen LogP contribution in [0.3, 0.4) is 0 Å². The third kappa shape index (κ3) is 2.83. The van der Waals surface area contributed by atoms with Crippen LogP contribution in [0.25, 0.3) is 10.6 Å². The number of rotatable bonds is 3. The van der Waals surface area contributed by atoms with Crippen LogP contribution in [0.4, 0.5) is 0 Å². The van der Waals surface area contributed by atoms with E-state index in [-0.39, 0.29) is 6.42 Å². The number of halogens is 2. The first-order chi connectivity index (χ1) is 8.47. The number of carbonyl (C=O) groups is 1. The zero-order valence-electron chi connectivity index (χ0n) is 9.41. The van der Waals surface area contributed by atoms with E-state index in [1.54, 1.807) is 19.1 Å². The number of hydrogen-bond donors (Lipinski definition) is 1. The molecule has 1 aromatic carbocycles. The number of benzene rings is 1. The summed E-state index contributed by atoms with van der Waals surface area (Å²) in [7, 11) is 0. The van der Waals surface area contributed by atoms with Gasteiger partial charge in [0, 0.05) is 10.4 Å². The first-order valence-electron chi connectivity index (χ1n) is 5.11. The molecule has 0 aliphatic heterocycles. The standard InChI is InChI=1S/C12H9Cl2NO2S/c1-6-10(5-11(16)17)18-12(15-6)7-2-3-8(13)9(14)4-7/h2-4H,5H2,1H3,(H,16,17). The van der Waals surface area contributed by atoms with Crippen molar-refractivity contribution in [3.05, 3.63) is 38.8 Å². The molecule has 0 fully saturated rings. The molecule has 0 atom stereocenters. The molecule has 1 aromatic heterocycles. The van der Waals surface area contributed by atoms with Crippen LogP contribution in [0, 0.1) is 6.92 Å². The van der Waals surface area contributed by atoms with Gasteiger partial charge in [0.2, 0.25) is 0 Å². The highest BCUT2D eigenvalue weighted by atomic mass is 35.5. The third-order valence-corrected chi connectivity index (χ3v) is 4.32. The molecule has 0 bridgehead atoms. The van der Waals surface area contributed by atoms with Gasteiger partial charge < -0.3 is 5.11 Å². The summed E-state index contributed by atoms with van der Waals surface area (Å²) in [5.74, 6) is -0.859. The van der Waals surface area contributed by atoms with Crippen LogP contribution in [-0.4, -0.2) is 16.1 Å². The zero-order valence-corrected chi connectivity index (χ0v) is 11.7. The summed E-state index contributed by atoms with van der Waals surface area (Å²) in [6.45, 7) is 1.80. The van der Waals surface area contributed by atoms with E-state index in [1.807, 2.05) is 6.07 Å². The van der Waals surface area contributed by atoms with Crippen LogP contribution in [-0.2, 0) is 11.2 Å². The maximum Gasteiger partial charge on any atom is 0.308 e. The van der Waals surface area contributed by atoms with Crippen LogP contribution >= 0.6 is 34.5 Å². The number of aromatic nitrogens is 1. The molecular weight excluding hydrogens is 293 g/mol. The molecule has 0 saturated carbocycles. The van der Waals surface area contributed by atoms with Gasteiger partial charge >= 0.3 is 5.97 Å². The topological polar surface area (TPSA) is 50.2 Å². The molecule has 6 heteroatoms. The van der Waals surface area contributed by atoms with Crippen molar-refractivity contribution in [1.29, 1.82) is 0 Å². The van der Waals surface area contributed by atoms with E-state index in [9.17, 15) is 4.79 Å². The second kappa shape index (κ2) is 5.26. The lowest BCUT2D eigenvalue weighted by molar-refractivity contribution is -0.136. The SMILES string of the molecule is Cc1nc(-c2ccc(Cl)c(Cl)c2)sc1CC(=O)O. The molecule has 94 valence electrons. The summed E-state index contributed by atoms with van der Waals surface area (Å²) < 4.78 is 0. The van der Waals surface area contributed by atoms with E-state index in [1.165, 1.54) is 11.3 Å². The van der Waals surface area contributed by atoms with E-state index in [0.29, 0.717) is 10.0 Å². The van der Waals surface area contributed by atoms with E-state index in [0.717, 1.165) is 21.1 Å². The summed E-state index contributed by atoms with van der Waals surface area (Å²) in [6, 6.07) is 5.25. The molecule has 0 radical (unpaired) electrons. The van der Waals surface area contributed by atoms with Crippen LogP contribution in [0.1, 0.15) is 10.6 Å². The fraction of sp³-hybridized carbons (Fsp3) is 0.167. The highest BCUT2D eigenvalue weighted by Gasteiger charge is 2.13. The first-order valence-corrected chi connectivity index (χ1v) is 6.68. The van der Waals surface area contributed by atoms with E-state index in [4.69, 9.17) is 28.3 Å². The molecular formula is C12H9Cl2NO2S. The Bertz CT molecular complexity index is 610. The predicted molar refractivity (Wildman–Crippen MR) is 73.6 cm³/mol. The Hall–Kier alpha value is -1.10. The van der Waals surface area contributed by atoms with Crippen molar-refractivity contribution < 1.29 is 9.90 Å². The fourth-order valence-corrected chi connectivity index (χ4v) is 2.83. The summed E-state index contributed by atoms with van der Waals surface area (Å²) in [5, 5.41) is 10.5. The maximum atomic E-state index is 10.7. The smallest absolute Gasteiger partial charge is 0.308 e. The number of aliphatic carboxylic acids is 1. The van der Waals surface area contributed by atoms with Crippen molar-refractivity contribution in [2.24, 2.45) is 0 Å². The Morgan fingerprint density at radius 1 is 1.39 bits per heavy atom. The molecule has 1 N–H and O–H groups in total. The number of carboxylic acid groups (broad SMARTS) is 1. The van der Waals surface area contributed by atoms with E-state index >= 15 is 0 Å². The minimum absolute atomic E-state index is 0.00911. The monoisotopic (exact) mass is 301 g/mol. The van der Waals surface area contributed by atoms with Crippen LogP contribution < -0.4 is 0 Å². The van der Waals surface area contributed by atoms with Gasteiger partial charge in [-0.1, -0.05) is 29.3 Å². The lowest BCUT2D eigenvalue weighted by Crippen LogP contribution is -1.99.